The molecule has 94 valence electrons. The van der Waals surface area contributed by atoms with Gasteiger partial charge in [-0.05, 0) is 0 Å². The average molecular weight is 232 g/mol. The van der Waals surface area contributed by atoms with Gasteiger partial charge >= 0.3 is 5.97 Å². The van der Waals surface area contributed by atoms with E-state index in [0.29, 0.717) is 0 Å². The normalized spacial score (nSPS) is 14.0. The first-order valence-electron chi connectivity index (χ1n) is 5.12. The van der Waals surface area contributed by atoms with Gasteiger partial charge < -0.3 is 20.5 Å². The molecule has 0 aromatic carbocycles. The molecule has 6 nitrogen and oxygen atoms in total. The Labute approximate surface area is 95.5 Å². The highest BCUT2D eigenvalue weighted by Gasteiger charge is 2.16. The van der Waals surface area contributed by atoms with Crippen LogP contribution in [-0.2, 0) is 19.1 Å². The topological polar surface area (TPSA) is 90.7 Å². The highest BCUT2D eigenvalue weighted by molar-refractivity contribution is 5.78. The Morgan fingerprint density at radius 1 is 1.38 bits per heavy atom. The molecule has 0 aromatic heterocycles. The first-order valence-corrected chi connectivity index (χ1v) is 5.12. The number of hydrogen-bond donors (Lipinski definition) is 2. The van der Waals surface area contributed by atoms with Gasteiger partial charge in [-0.2, -0.15) is 0 Å². The Balaban J connectivity index is 3.84. The Kier molecular flexibility index (Phi) is 7.49. The summed E-state index contributed by atoms with van der Waals surface area (Å²) in [5, 5.41) is 2.62. The molecule has 0 bridgehead atoms. The third-order valence-corrected chi connectivity index (χ3v) is 2.22. The van der Waals surface area contributed by atoms with Gasteiger partial charge in [0.2, 0.25) is 5.91 Å². The van der Waals surface area contributed by atoms with Gasteiger partial charge in [-0.25, -0.2) is 0 Å². The maximum atomic E-state index is 11.4. The largest absolute Gasteiger partial charge is 0.469 e. The van der Waals surface area contributed by atoms with Crippen molar-refractivity contribution in [3.05, 3.63) is 0 Å². The summed E-state index contributed by atoms with van der Waals surface area (Å²) in [7, 11) is 2.82. The molecule has 16 heavy (non-hydrogen) atoms. The van der Waals surface area contributed by atoms with E-state index >= 15 is 0 Å². The highest BCUT2D eigenvalue weighted by Crippen LogP contribution is 1.98. The van der Waals surface area contributed by atoms with E-state index in [1.807, 2.05) is 0 Å². The molecule has 3 N–H and O–H groups in total. The summed E-state index contributed by atoms with van der Waals surface area (Å²) in [6, 6.07) is 0. The fourth-order valence-electron chi connectivity index (χ4n) is 1.09. The molecule has 0 saturated carbocycles. The van der Waals surface area contributed by atoms with Gasteiger partial charge in [0, 0.05) is 20.2 Å². The summed E-state index contributed by atoms with van der Waals surface area (Å²) in [5.41, 5.74) is 5.38. The minimum Gasteiger partial charge on any atom is -0.469 e. The lowest BCUT2D eigenvalue weighted by molar-refractivity contribution is -0.144. The van der Waals surface area contributed by atoms with Crippen molar-refractivity contribution in [3.8, 4) is 0 Å². The van der Waals surface area contributed by atoms with E-state index in [2.05, 4.69) is 10.1 Å². The van der Waals surface area contributed by atoms with E-state index in [1.165, 1.54) is 14.2 Å². The third-order valence-electron chi connectivity index (χ3n) is 2.22. The van der Waals surface area contributed by atoms with Crippen LogP contribution >= 0.6 is 0 Å². The second-order valence-electron chi connectivity index (χ2n) is 3.53. The minimum atomic E-state index is -0.354. The molecule has 2 atom stereocenters. The number of methoxy groups -OCH3 is 2. The van der Waals surface area contributed by atoms with E-state index in [1.54, 1.807) is 6.92 Å². The average Bonchev–Trinajstić information content (AvgIpc) is 2.31. The number of ether oxygens (including phenoxy) is 2. The van der Waals surface area contributed by atoms with Crippen molar-refractivity contribution >= 4 is 11.9 Å². The predicted octanol–water partition coefficient (Wildman–Crippen LogP) is -0.724. The zero-order chi connectivity index (χ0) is 12.6. The molecule has 0 spiro atoms. The summed E-state index contributed by atoms with van der Waals surface area (Å²) >= 11 is 0. The van der Waals surface area contributed by atoms with Crippen LogP contribution in [-0.4, -0.2) is 45.3 Å². The second-order valence-corrected chi connectivity index (χ2v) is 3.53. The molecule has 0 rings (SSSR count). The molecule has 0 aromatic rings. The lowest BCUT2D eigenvalue weighted by Crippen LogP contribution is -2.36. The van der Waals surface area contributed by atoms with Crippen LogP contribution in [0.5, 0.6) is 0 Å². The van der Waals surface area contributed by atoms with Crippen molar-refractivity contribution in [2.75, 3.05) is 27.3 Å². The first-order chi connectivity index (χ1) is 7.54. The molecule has 6 heteroatoms. The molecule has 0 fully saturated rings. The van der Waals surface area contributed by atoms with Crippen LogP contribution in [0.2, 0.25) is 0 Å². The van der Waals surface area contributed by atoms with Gasteiger partial charge in [0.1, 0.15) is 0 Å². The van der Waals surface area contributed by atoms with Gasteiger partial charge in [-0.3, -0.25) is 9.59 Å². The number of nitrogens with one attached hydrogen (secondary N) is 1. The monoisotopic (exact) mass is 232 g/mol. The lowest BCUT2D eigenvalue weighted by Gasteiger charge is -2.14. The molecule has 0 heterocycles. The Bertz CT molecular complexity index is 229. The van der Waals surface area contributed by atoms with Crippen LogP contribution in [0.1, 0.15) is 13.3 Å². The first kappa shape index (κ1) is 14.9. The summed E-state index contributed by atoms with van der Waals surface area (Å²) in [4.78, 5) is 22.4. The van der Waals surface area contributed by atoms with Crippen LogP contribution in [0.15, 0.2) is 0 Å². The van der Waals surface area contributed by atoms with Gasteiger partial charge in [0.05, 0.1) is 25.6 Å². The maximum absolute atomic E-state index is 11.4. The van der Waals surface area contributed by atoms with Crippen LogP contribution < -0.4 is 11.1 Å². The molecule has 1 amide bonds. The molecule has 2 unspecified atom stereocenters. The summed E-state index contributed by atoms with van der Waals surface area (Å²) in [6.45, 7) is 2.23. The maximum Gasteiger partial charge on any atom is 0.310 e. The van der Waals surface area contributed by atoms with Crippen molar-refractivity contribution in [2.45, 2.75) is 19.4 Å². The van der Waals surface area contributed by atoms with Gasteiger partial charge in [-0.1, -0.05) is 6.92 Å². The molecule has 0 aliphatic rings. The number of rotatable bonds is 7. The number of amides is 1. The third kappa shape index (κ3) is 5.67. The fraction of sp³-hybridized carbons (Fsp3) is 0.800. The van der Waals surface area contributed by atoms with Crippen molar-refractivity contribution in [3.63, 3.8) is 0 Å². The molecular formula is C10H20N2O4. The van der Waals surface area contributed by atoms with Crippen LogP contribution in [0.4, 0.5) is 0 Å². The number of carbonyl (C=O) groups is 2. The Hall–Kier alpha value is -1.14. The summed E-state index contributed by atoms with van der Waals surface area (Å²) in [5.74, 6) is -0.886. The van der Waals surface area contributed by atoms with Gasteiger partial charge in [0.15, 0.2) is 0 Å². The van der Waals surface area contributed by atoms with E-state index in [-0.39, 0.29) is 43.4 Å². The summed E-state index contributed by atoms with van der Waals surface area (Å²) < 4.78 is 9.50. The number of carbonyl (C=O) groups excluding carboxylic acids is 2. The second kappa shape index (κ2) is 8.06. The van der Waals surface area contributed by atoms with Crippen molar-refractivity contribution in [1.82, 2.24) is 5.32 Å². The van der Waals surface area contributed by atoms with Crippen LogP contribution in [0.25, 0.3) is 0 Å². The fourth-order valence-corrected chi connectivity index (χ4v) is 1.09. The molecule has 0 aliphatic carbocycles. The highest BCUT2D eigenvalue weighted by atomic mass is 16.5. The lowest BCUT2D eigenvalue weighted by atomic mass is 10.2. The summed E-state index contributed by atoms with van der Waals surface area (Å²) in [6.07, 6.45) is -0.0885. The van der Waals surface area contributed by atoms with Crippen molar-refractivity contribution in [1.29, 1.82) is 0 Å². The van der Waals surface area contributed by atoms with E-state index in [4.69, 9.17) is 10.5 Å². The van der Waals surface area contributed by atoms with Crippen molar-refractivity contribution < 1.29 is 19.1 Å². The van der Waals surface area contributed by atoms with Crippen LogP contribution in [0, 0.1) is 5.92 Å². The smallest absolute Gasteiger partial charge is 0.310 e. The van der Waals surface area contributed by atoms with E-state index in [0.717, 1.165) is 0 Å². The number of esters is 1. The van der Waals surface area contributed by atoms with Crippen LogP contribution in [0.3, 0.4) is 0 Å². The molecule has 0 radical (unpaired) electrons. The Morgan fingerprint density at radius 3 is 2.44 bits per heavy atom. The SMILES string of the molecule is COC(=O)C(C)CNC(=O)CC(CN)OC. The minimum absolute atomic E-state index is 0.187. The van der Waals surface area contributed by atoms with E-state index in [9.17, 15) is 9.59 Å². The predicted molar refractivity (Wildman–Crippen MR) is 58.7 cm³/mol. The molecule has 0 aliphatic heterocycles. The standard InChI is InChI=1S/C10H20N2O4/c1-7(10(14)16-3)6-12-9(13)4-8(5-11)15-2/h7-8H,4-6,11H2,1-3H3,(H,12,13). The Morgan fingerprint density at radius 2 is 2.00 bits per heavy atom. The number of hydrogen-bond acceptors (Lipinski definition) is 5. The number of nitrogens with two attached hydrogens (primary N) is 1. The molecule has 0 saturated heterocycles. The van der Waals surface area contributed by atoms with Gasteiger partial charge in [-0.15, -0.1) is 0 Å². The zero-order valence-corrected chi connectivity index (χ0v) is 9.99. The van der Waals surface area contributed by atoms with Crippen molar-refractivity contribution in [2.24, 2.45) is 11.7 Å². The zero-order valence-electron chi connectivity index (χ0n) is 9.99. The van der Waals surface area contributed by atoms with E-state index < -0.39 is 0 Å². The quantitative estimate of drug-likeness (QED) is 0.565. The van der Waals surface area contributed by atoms with Gasteiger partial charge in [0.25, 0.3) is 0 Å². The molecular weight excluding hydrogens is 212 g/mol.